The molecule has 0 aromatic rings. The van der Waals surface area contributed by atoms with Gasteiger partial charge < -0.3 is 24.8 Å². The second kappa shape index (κ2) is 20.8. The van der Waals surface area contributed by atoms with Gasteiger partial charge in [0.2, 0.25) is 0 Å². The van der Waals surface area contributed by atoms with Crippen LogP contribution in [-0.2, 0) is 14.2 Å². The molecule has 0 saturated carbocycles. The topological polar surface area (TPSA) is 51.8 Å². The van der Waals surface area contributed by atoms with Gasteiger partial charge in [-0.1, -0.05) is 6.92 Å². The van der Waals surface area contributed by atoms with E-state index in [2.05, 4.69) is 17.6 Å². The minimum Gasteiger partial charge on any atom is -0.380 e. The first-order chi connectivity index (χ1) is 10.9. The van der Waals surface area contributed by atoms with Crippen LogP contribution in [0.5, 0.6) is 0 Å². The van der Waals surface area contributed by atoms with Crippen molar-refractivity contribution >= 4 is 0 Å². The van der Waals surface area contributed by atoms with Crippen molar-refractivity contribution in [3.05, 3.63) is 0 Å². The van der Waals surface area contributed by atoms with Crippen molar-refractivity contribution in [3.8, 4) is 0 Å². The van der Waals surface area contributed by atoms with E-state index >= 15 is 0 Å². The lowest BCUT2D eigenvalue weighted by molar-refractivity contribution is 0.0441. The van der Waals surface area contributed by atoms with Gasteiger partial charge in [-0.2, -0.15) is 0 Å². The fourth-order valence-corrected chi connectivity index (χ4v) is 2.01. The highest BCUT2D eigenvalue weighted by Gasteiger charge is 1.93. The van der Waals surface area contributed by atoms with Crippen molar-refractivity contribution in [1.29, 1.82) is 0 Å². The molecule has 5 heteroatoms. The predicted octanol–water partition coefficient (Wildman–Crippen LogP) is 2.21. The summed E-state index contributed by atoms with van der Waals surface area (Å²) in [5, 5.41) is 6.39. The number of hydrogen-bond acceptors (Lipinski definition) is 5. The van der Waals surface area contributed by atoms with E-state index in [1.807, 2.05) is 7.05 Å². The predicted molar refractivity (Wildman–Crippen MR) is 92.6 cm³/mol. The summed E-state index contributed by atoms with van der Waals surface area (Å²) in [6.07, 6.45) is 7.02. The summed E-state index contributed by atoms with van der Waals surface area (Å²) in [6, 6.07) is 0. The van der Waals surface area contributed by atoms with Gasteiger partial charge in [-0.3, -0.25) is 0 Å². The smallest absolute Gasteiger partial charge is 0.0700 e. The van der Waals surface area contributed by atoms with E-state index in [9.17, 15) is 0 Å². The molecule has 0 bridgehead atoms. The van der Waals surface area contributed by atoms with E-state index in [0.29, 0.717) is 0 Å². The van der Waals surface area contributed by atoms with E-state index in [0.717, 1.165) is 78.5 Å². The van der Waals surface area contributed by atoms with E-state index in [1.54, 1.807) is 0 Å². The fraction of sp³-hybridized carbons (Fsp3) is 1.00. The third-order valence-corrected chi connectivity index (χ3v) is 3.34. The van der Waals surface area contributed by atoms with Gasteiger partial charge >= 0.3 is 0 Å². The third kappa shape index (κ3) is 19.8. The Balaban J connectivity index is 2.91. The van der Waals surface area contributed by atoms with Crippen LogP contribution in [0.4, 0.5) is 0 Å². The minimum atomic E-state index is 0.718. The zero-order valence-electron chi connectivity index (χ0n) is 14.8. The molecule has 134 valence electrons. The number of unbranched alkanes of at least 4 members (excludes halogenated alkanes) is 4. The van der Waals surface area contributed by atoms with Crippen molar-refractivity contribution in [1.82, 2.24) is 10.6 Å². The van der Waals surface area contributed by atoms with Gasteiger partial charge in [-0.25, -0.2) is 0 Å². The van der Waals surface area contributed by atoms with Crippen LogP contribution in [0.1, 0.15) is 45.4 Å². The molecule has 0 fully saturated rings. The zero-order chi connectivity index (χ0) is 16.1. The van der Waals surface area contributed by atoms with Crippen molar-refractivity contribution in [2.24, 2.45) is 0 Å². The first kappa shape index (κ1) is 21.8. The summed E-state index contributed by atoms with van der Waals surface area (Å²) < 4.78 is 16.6. The monoisotopic (exact) mass is 318 g/mol. The molecule has 0 aliphatic heterocycles. The maximum absolute atomic E-state index is 5.55. The van der Waals surface area contributed by atoms with Crippen LogP contribution < -0.4 is 10.6 Å². The van der Waals surface area contributed by atoms with Gasteiger partial charge in [0.05, 0.1) is 19.8 Å². The molecule has 0 saturated heterocycles. The largest absolute Gasteiger partial charge is 0.380 e. The molecular weight excluding hydrogens is 280 g/mol. The number of nitrogens with one attached hydrogen (secondary N) is 2. The molecular formula is C17H38N2O3. The molecule has 0 unspecified atom stereocenters. The molecule has 2 N–H and O–H groups in total. The summed E-state index contributed by atoms with van der Waals surface area (Å²) in [6.45, 7) is 9.99. The van der Waals surface area contributed by atoms with Gasteiger partial charge in [-0.15, -0.1) is 0 Å². The van der Waals surface area contributed by atoms with Crippen LogP contribution in [-0.4, -0.2) is 66.3 Å². The lowest BCUT2D eigenvalue weighted by Crippen LogP contribution is -2.19. The quantitative estimate of drug-likeness (QED) is 0.358. The second-order valence-corrected chi connectivity index (χ2v) is 5.42. The standard InChI is InChI=1S/C17H38N2O3/c1-3-19-11-15-20-12-8-5-9-14-22-17-16-21-13-7-4-6-10-18-2/h18-19H,3-17H2,1-2H3. The maximum atomic E-state index is 5.55. The van der Waals surface area contributed by atoms with Crippen LogP contribution in [0.3, 0.4) is 0 Å². The molecule has 0 aliphatic carbocycles. The van der Waals surface area contributed by atoms with Crippen LogP contribution in [0.2, 0.25) is 0 Å². The Morgan fingerprint density at radius 2 is 1.14 bits per heavy atom. The van der Waals surface area contributed by atoms with Gasteiger partial charge in [0, 0.05) is 26.4 Å². The average Bonchev–Trinajstić information content (AvgIpc) is 2.54. The van der Waals surface area contributed by atoms with Crippen molar-refractivity contribution in [3.63, 3.8) is 0 Å². The summed E-state index contributed by atoms with van der Waals surface area (Å²) >= 11 is 0. The zero-order valence-corrected chi connectivity index (χ0v) is 14.8. The summed E-state index contributed by atoms with van der Waals surface area (Å²) in [7, 11) is 1.99. The van der Waals surface area contributed by atoms with Crippen LogP contribution in [0.15, 0.2) is 0 Å². The number of likely N-dealkylation sites (N-methyl/N-ethyl adjacent to an activating group) is 1. The van der Waals surface area contributed by atoms with Gasteiger partial charge in [-0.05, 0) is 58.7 Å². The number of rotatable bonds is 19. The third-order valence-electron chi connectivity index (χ3n) is 3.34. The Labute approximate surface area is 137 Å². The van der Waals surface area contributed by atoms with E-state index in [-0.39, 0.29) is 0 Å². The Hall–Kier alpha value is -0.200. The highest BCUT2D eigenvalue weighted by Crippen LogP contribution is 1.97. The first-order valence-corrected chi connectivity index (χ1v) is 9.00. The van der Waals surface area contributed by atoms with Crippen molar-refractivity contribution in [2.45, 2.75) is 45.4 Å². The van der Waals surface area contributed by atoms with Crippen molar-refractivity contribution < 1.29 is 14.2 Å². The lowest BCUT2D eigenvalue weighted by atomic mass is 10.2. The van der Waals surface area contributed by atoms with Gasteiger partial charge in [0.25, 0.3) is 0 Å². The Morgan fingerprint density at radius 3 is 1.68 bits per heavy atom. The summed E-state index contributed by atoms with van der Waals surface area (Å²) in [5.74, 6) is 0. The van der Waals surface area contributed by atoms with E-state index in [1.165, 1.54) is 19.3 Å². The number of hydrogen-bond donors (Lipinski definition) is 2. The van der Waals surface area contributed by atoms with Gasteiger partial charge in [0.1, 0.15) is 0 Å². The lowest BCUT2D eigenvalue weighted by Gasteiger charge is -2.07. The van der Waals surface area contributed by atoms with Gasteiger partial charge in [0.15, 0.2) is 0 Å². The average molecular weight is 319 g/mol. The van der Waals surface area contributed by atoms with E-state index in [4.69, 9.17) is 14.2 Å². The Bertz CT molecular complexity index is 175. The van der Waals surface area contributed by atoms with Crippen LogP contribution in [0, 0.1) is 0 Å². The molecule has 0 aliphatic rings. The Morgan fingerprint density at radius 1 is 0.591 bits per heavy atom. The molecule has 5 nitrogen and oxygen atoms in total. The fourth-order valence-electron chi connectivity index (χ4n) is 2.01. The second-order valence-electron chi connectivity index (χ2n) is 5.42. The highest BCUT2D eigenvalue weighted by molar-refractivity contribution is 4.45. The maximum Gasteiger partial charge on any atom is 0.0700 e. The SMILES string of the molecule is CCNCCOCCCCCOCCOCCCCCNC. The highest BCUT2D eigenvalue weighted by atomic mass is 16.5. The normalized spacial score (nSPS) is 11.2. The molecule has 0 radical (unpaired) electrons. The minimum absolute atomic E-state index is 0.718. The molecule has 0 aromatic heterocycles. The first-order valence-electron chi connectivity index (χ1n) is 9.00. The van der Waals surface area contributed by atoms with E-state index < -0.39 is 0 Å². The molecule has 0 atom stereocenters. The molecule has 0 spiro atoms. The molecule has 0 amide bonds. The molecule has 22 heavy (non-hydrogen) atoms. The van der Waals surface area contributed by atoms with Crippen LogP contribution >= 0.6 is 0 Å². The Kier molecular flexibility index (Phi) is 20.6. The molecule has 0 rings (SSSR count). The summed E-state index contributed by atoms with van der Waals surface area (Å²) in [4.78, 5) is 0. The molecule has 0 heterocycles. The van der Waals surface area contributed by atoms with Crippen LogP contribution in [0.25, 0.3) is 0 Å². The number of ether oxygens (including phenoxy) is 3. The van der Waals surface area contributed by atoms with Crippen molar-refractivity contribution in [2.75, 3.05) is 66.3 Å². The molecule has 0 aromatic carbocycles. The summed E-state index contributed by atoms with van der Waals surface area (Å²) in [5.41, 5.74) is 0.